The van der Waals surface area contributed by atoms with Crippen molar-refractivity contribution in [1.29, 1.82) is 0 Å². The number of amides is 2. The first-order valence-electron chi connectivity index (χ1n) is 8.65. The van der Waals surface area contributed by atoms with Crippen LogP contribution in [0, 0.1) is 10.5 Å². The van der Waals surface area contributed by atoms with E-state index in [1.54, 1.807) is 4.90 Å². The van der Waals surface area contributed by atoms with Gasteiger partial charge in [-0.1, -0.05) is 23.9 Å². The lowest BCUT2D eigenvalue weighted by molar-refractivity contribution is -0.129. The van der Waals surface area contributed by atoms with Gasteiger partial charge in [0, 0.05) is 22.2 Å². The van der Waals surface area contributed by atoms with Gasteiger partial charge in [0.05, 0.1) is 5.69 Å². The number of halogens is 1. The normalized spacial score (nSPS) is 18.6. The first kappa shape index (κ1) is 19.9. The van der Waals surface area contributed by atoms with Crippen LogP contribution in [0.2, 0.25) is 0 Å². The number of nitrogens with zero attached hydrogens (tertiary/aromatic N) is 2. The molecule has 0 aromatic heterocycles. The van der Waals surface area contributed by atoms with Crippen LogP contribution in [0.25, 0.3) is 0 Å². The molecule has 1 heterocycles. The fourth-order valence-corrected chi connectivity index (χ4v) is 4.25. The Labute approximate surface area is 176 Å². The molecule has 1 N–H and O–H groups in total. The van der Waals surface area contributed by atoms with Crippen molar-refractivity contribution in [3.05, 3.63) is 57.7 Å². The third-order valence-electron chi connectivity index (χ3n) is 4.09. The maximum Gasteiger partial charge on any atom is 0.238 e. The number of hydrogen-bond acceptors (Lipinski definition) is 4. The van der Waals surface area contributed by atoms with Crippen LogP contribution < -0.4 is 5.32 Å². The SMILES string of the molecule is CCN1C(=O)C[C@H](C(=O)Nc2cccc(C)c2)SC1=Nc1ccc(I)cc1. The summed E-state index contributed by atoms with van der Waals surface area (Å²) in [6.07, 6.45) is 0.169. The van der Waals surface area contributed by atoms with Gasteiger partial charge in [0.25, 0.3) is 0 Å². The van der Waals surface area contributed by atoms with Crippen molar-refractivity contribution < 1.29 is 9.59 Å². The van der Waals surface area contributed by atoms with Gasteiger partial charge < -0.3 is 5.32 Å². The highest BCUT2D eigenvalue weighted by atomic mass is 127. The van der Waals surface area contributed by atoms with Gasteiger partial charge in [0.2, 0.25) is 11.8 Å². The summed E-state index contributed by atoms with van der Waals surface area (Å²) in [5.74, 6) is -0.255. The molecule has 2 aromatic rings. The molecule has 5 nitrogen and oxygen atoms in total. The van der Waals surface area contributed by atoms with E-state index in [0.717, 1.165) is 20.5 Å². The van der Waals surface area contributed by atoms with Crippen LogP contribution in [0.5, 0.6) is 0 Å². The number of aryl methyl sites for hydroxylation is 1. The minimum absolute atomic E-state index is 0.0788. The van der Waals surface area contributed by atoms with E-state index in [4.69, 9.17) is 0 Å². The van der Waals surface area contributed by atoms with Gasteiger partial charge in [-0.2, -0.15) is 0 Å². The number of hydrogen-bond donors (Lipinski definition) is 1. The molecule has 140 valence electrons. The van der Waals surface area contributed by atoms with Gasteiger partial charge in [-0.15, -0.1) is 0 Å². The summed E-state index contributed by atoms with van der Waals surface area (Å²) in [4.78, 5) is 31.5. The number of nitrogens with one attached hydrogen (secondary N) is 1. The summed E-state index contributed by atoms with van der Waals surface area (Å²) < 4.78 is 1.12. The largest absolute Gasteiger partial charge is 0.325 e. The standard InChI is InChI=1S/C20H20IN3O2S/c1-3-24-18(25)12-17(19(26)22-16-6-4-5-13(2)11-16)27-20(24)23-15-9-7-14(21)8-10-15/h4-11,17H,3,12H2,1-2H3,(H,22,26)/t17-/m1/s1. The van der Waals surface area contributed by atoms with Crippen molar-refractivity contribution in [2.24, 2.45) is 4.99 Å². The number of aliphatic imine (C=N–C) groups is 1. The molecular formula is C20H20IN3O2S. The lowest BCUT2D eigenvalue weighted by Gasteiger charge is -2.30. The maximum absolute atomic E-state index is 12.7. The number of carbonyl (C=O) groups is 2. The number of thioether (sulfide) groups is 1. The monoisotopic (exact) mass is 493 g/mol. The van der Waals surface area contributed by atoms with Gasteiger partial charge in [0.15, 0.2) is 5.17 Å². The predicted octanol–water partition coefficient (Wildman–Crippen LogP) is 4.58. The minimum Gasteiger partial charge on any atom is -0.325 e. The van der Waals surface area contributed by atoms with E-state index in [1.807, 2.05) is 62.4 Å². The molecule has 0 radical (unpaired) electrons. The molecule has 7 heteroatoms. The zero-order valence-electron chi connectivity index (χ0n) is 15.1. The Bertz CT molecular complexity index is 883. The van der Waals surface area contributed by atoms with Crippen LogP contribution in [0.1, 0.15) is 18.9 Å². The van der Waals surface area contributed by atoms with Crippen LogP contribution in [0.3, 0.4) is 0 Å². The maximum atomic E-state index is 12.7. The summed E-state index contributed by atoms with van der Waals surface area (Å²) in [5, 5.41) is 2.98. The van der Waals surface area contributed by atoms with Crippen molar-refractivity contribution in [3.8, 4) is 0 Å². The lowest BCUT2D eigenvalue weighted by atomic mass is 10.2. The van der Waals surface area contributed by atoms with Crippen molar-refractivity contribution in [2.75, 3.05) is 11.9 Å². The summed E-state index contributed by atoms with van der Waals surface area (Å²) in [7, 11) is 0. The van der Waals surface area contributed by atoms with Crippen molar-refractivity contribution >= 4 is 62.7 Å². The molecule has 2 amide bonds. The molecule has 0 spiro atoms. The van der Waals surface area contributed by atoms with E-state index in [-0.39, 0.29) is 18.2 Å². The van der Waals surface area contributed by atoms with Gasteiger partial charge >= 0.3 is 0 Å². The van der Waals surface area contributed by atoms with Crippen LogP contribution in [0.15, 0.2) is 53.5 Å². The smallest absolute Gasteiger partial charge is 0.238 e. The first-order chi connectivity index (χ1) is 13.0. The van der Waals surface area contributed by atoms with Gasteiger partial charge in [-0.05, 0) is 78.4 Å². The topological polar surface area (TPSA) is 61.8 Å². The highest BCUT2D eigenvalue weighted by molar-refractivity contribution is 14.1. The predicted molar refractivity (Wildman–Crippen MR) is 119 cm³/mol. The zero-order valence-corrected chi connectivity index (χ0v) is 18.1. The van der Waals surface area contributed by atoms with Crippen LogP contribution in [-0.4, -0.2) is 33.7 Å². The van der Waals surface area contributed by atoms with Crippen LogP contribution in [0.4, 0.5) is 11.4 Å². The second-order valence-electron chi connectivity index (χ2n) is 6.18. The number of benzene rings is 2. The number of amidine groups is 1. The molecule has 1 fully saturated rings. The quantitative estimate of drug-likeness (QED) is 0.635. The molecule has 2 aromatic carbocycles. The Morgan fingerprint density at radius 2 is 2.04 bits per heavy atom. The highest BCUT2D eigenvalue weighted by Crippen LogP contribution is 2.30. The molecule has 0 unspecified atom stereocenters. The molecule has 0 bridgehead atoms. The average molecular weight is 493 g/mol. The molecular weight excluding hydrogens is 473 g/mol. The molecule has 3 rings (SSSR count). The fraction of sp³-hybridized carbons (Fsp3) is 0.250. The third-order valence-corrected chi connectivity index (χ3v) is 5.99. The Kier molecular flexibility index (Phi) is 6.54. The highest BCUT2D eigenvalue weighted by Gasteiger charge is 2.35. The van der Waals surface area contributed by atoms with Crippen molar-refractivity contribution in [2.45, 2.75) is 25.5 Å². The van der Waals surface area contributed by atoms with E-state index in [1.165, 1.54) is 11.8 Å². The van der Waals surface area contributed by atoms with Crippen LogP contribution >= 0.6 is 34.4 Å². The summed E-state index contributed by atoms with van der Waals surface area (Å²) >= 11 is 3.58. The number of anilines is 1. The number of rotatable bonds is 4. The van der Waals surface area contributed by atoms with E-state index in [9.17, 15) is 9.59 Å². The van der Waals surface area contributed by atoms with Crippen molar-refractivity contribution in [1.82, 2.24) is 4.90 Å². The van der Waals surface area contributed by atoms with Gasteiger partial charge in [-0.3, -0.25) is 14.5 Å². The molecule has 27 heavy (non-hydrogen) atoms. The summed E-state index contributed by atoms with van der Waals surface area (Å²) in [6.45, 7) is 4.41. The Morgan fingerprint density at radius 3 is 2.70 bits per heavy atom. The lowest BCUT2D eigenvalue weighted by Crippen LogP contribution is -2.45. The Balaban J connectivity index is 1.80. The number of carbonyl (C=O) groups excluding carboxylic acids is 2. The van der Waals surface area contributed by atoms with E-state index in [0.29, 0.717) is 11.7 Å². The van der Waals surface area contributed by atoms with E-state index in [2.05, 4.69) is 32.9 Å². The molecule has 0 aliphatic carbocycles. The summed E-state index contributed by atoms with van der Waals surface area (Å²) in [5.41, 5.74) is 2.57. The molecule has 1 aliphatic heterocycles. The van der Waals surface area contributed by atoms with E-state index >= 15 is 0 Å². The minimum atomic E-state index is -0.497. The van der Waals surface area contributed by atoms with Crippen LogP contribution in [-0.2, 0) is 9.59 Å². The Hall–Kier alpha value is -1.87. The van der Waals surface area contributed by atoms with Gasteiger partial charge in [-0.25, -0.2) is 4.99 Å². The second kappa shape index (κ2) is 8.88. The van der Waals surface area contributed by atoms with Gasteiger partial charge in [0.1, 0.15) is 5.25 Å². The first-order valence-corrected chi connectivity index (χ1v) is 10.6. The fourth-order valence-electron chi connectivity index (χ4n) is 2.72. The van der Waals surface area contributed by atoms with E-state index < -0.39 is 5.25 Å². The summed E-state index contributed by atoms with van der Waals surface area (Å²) in [6, 6.07) is 15.4. The third kappa shape index (κ3) is 5.10. The Morgan fingerprint density at radius 1 is 1.30 bits per heavy atom. The molecule has 1 atom stereocenters. The molecule has 0 saturated carbocycles. The molecule has 1 saturated heterocycles. The molecule has 1 aliphatic rings. The zero-order chi connectivity index (χ0) is 19.4. The van der Waals surface area contributed by atoms with Crippen molar-refractivity contribution in [3.63, 3.8) is 0 Å². The average Bonchev–Trinajstić information content (AvgIpc) is 2.63. The second-order valence-corrected chi connectivity index (χ2v) is 8.59.